The first kappa shape index (κ1) is 11.9. The summed E-state index contributed by atoms with van der Waals surface area (Å²) in [6.07, 6.45) is 3.54. The van der Waals surface area contributed by atoms with E-state index in [2.05, 4.69) is 31.2 Å². The molecule has 0 radical (unpaired) electrons. The van der Waals surface area contributed by atoms with Crippen LogP contribution in [0.1, 0.15) is 34.7 Å². The third-order valence-corrected chi connectivity index (χ3v) is 4.96. The molecule has 1 aliphatic carbocycles. The molecule has 1 heterocycles. The van der Waals surface area contributed by atoms with Crippen LogP contribution in [0, 0.1) is 0 Å². The van der Waals surface area contributed by atoms with Crippen LogP contribution >= 0.6 is 11.3 Å². The molecule has 1 aliphatic rings. The van der Waals surface area contributed by atoms with Crippen molar-refractivity contribution in [2.75, 3.05) is 6.54 Å². The minimum absolute atomic E-state index is 0.370. The van der Waals surface area contributed by atoms with Crippen molar-refractivity contribution < 1.29 is 0 Å². The topological polar surface area (TPSA) is 38.9 Å². The van der Waals surface area contributed by atoms with Crippen LogP contribution < -0.4 is 5.73 Å². The minimum atomic E-state index is 0.370. The first-order chi connectivity index (χ1) is 8.79. The molecular formula is C15H18N2S. The molecule has 1 atom stereocenters. The maximum atomic E-state index is 5.75. The lowest BCUT2D eigenvalue weighted by Gasteiger charge is -2.05. The molecule has 0 bridgehead atoms. The van der Waals surface area contributed by atoms with Crippen LogP contribution in [-0.4, -0.2) is 11.5 Å². The summed E-state index contributed by atoms with van der Waals surface area (Å²) in [5.41, 5.74) is 9.73. The standard InChI is InChI=1S/C15H18N2S/c1-10(9-16)15-17-14-12-7-3-2-5-11(12)6-4-8-13(14)18-15/h2-3,5,7,10H,4,6,8-9,16H2,1H3. The summed E-state index contributed by atoms with van der Waals surface area (Å²) in [5.74, 6) is 0.370. The van der Waals surface area contributed by atoms with E-state index >= 15 is 0 Å². The van der Waals surface area contributed by atoms with Crippen molar-refractivity contribution in [2.24, 2.45) is 5.73 Å². The molecule has 0 fully saturated rings. The van der Waals surface area contributed by atoms with Gasteiger partial charge in [0.05, 0.1) is 10.7 Å². The van der Waals surface area contributed by atoms with Gasteiger partial charge in [0, 0.05) is 22.9 Å². The smallest absolute Gasteiger partial charge is 0.0976 e. The van der Waals surface area contributed by atoms with E-state index in [4.69, 9.17) is 10.7 Å². The van der Waals surface area contributed by atoms with E-state index in [0.29, 0.717) is 12.5 Å². The molecule has 0 saturated carbocycles. The normalized spacial score (nSPS) is 15.7. The summed E-state index contributed by atoms with van der Waals surface area (Å²) in [6.45, 7) is 2.83. The molecule has 3 heteroatoms. The van der Waals surface area contributed by atoms with E-state index < -0.39 is 0 Å². The lowest BCUT2D eigenvalue weighted by molar-refractivity contribution is 0.766. The van der Waals surface area contributed by atoms with Gasteiger partial charge in [-0.25, -0.2) is 4.98 Å². The molecular weight excluding hydrogens is 240 g/mol. The van der Waals surface area contributed by atoms with Crippen LogP contribution in [0.4, 0.5) is 0 Å². The fourth-order valence-electron chi connectivity index (χ4n) is 2.47. The van der Waals surface area contributed by atoms with Gasteiger partial charge in [-0.3, -0.25) is 0 Å². The second kappa shape index (κ2) is 4.82. The lowest BCUT2D eigenvalue weighted by Crippen LogP contribution is -2.08. The number of nitrogens with two attached hydrogens (primary N) is 1. The van der Waals surface area contributed by atoms with Crippen molar-refractivity contribution in [1.82, 2.24) is 4.98 Å². The minimum Gasteiger partial charge on any atom is -0.330 e. The first-order valence-corrected chi connectivity index (χ1v) is 7.39. The van der Waals surface area contributed by atoms with Gasteiger partial charge in [0.25, 0.3) is 0 Å². The van der Waals surface area contributed by atoms with Crippen molar-refractivity contribution in [1.29, 1.82) is 0 Å². The fraction of sp³-hybridized carbons (Fsp3) is 0.400. The largest absolute Gasteiger partial charge is 0.330 e. The van der Waals surface area contributed by atoms with Crippen LogP contribution in [0.25, 0.3) is 11.3 Å². The van der Waals surface area contributed by atoms with Gasteiger partial charge in [-0.15, -0.1) is 11.3 Å². The average Bonchev–Trinajstić information content (AvgIpc) is 2.75. The predicted octanol–water partition coefficient (Wildman–Crippen LogP) is 3.36. The Bertz CT molecular complexity index is 559. The molecule has 1 aromatic carbocycles. The molecule has 0 amide bonds. The predicted molar refractivity (Wildman–Crippen MR) is 77.0 cm³/mol. The summed E-state index contributed by atoms with van der Waals surface area (Å²) in [5, 5.41) is 1.19. The molecule has 1 unspecified atom stereocenters. The number of rotatable bonds is 2. The Morgan fingerprint density at radius 1 is 1.33 bits per heavy atom. The number of aryl methyl sites for hydroxylation is 2. The molecule has 0 aliphatic heterocycles. The highest BCUT2D eigenvalue weighted by Crippen LogP contribution is 2.36. The number of fused-ring (bicyclic) bond motifs is 3. The van der Waals surface area contributed by atoms with Crippen molar-refractivity contribution in [3.63, 3.8) is 0 Å². The highest BCUT2D eigenvalue weighted by molar-refractivity contribution is 7.12. The second-order valence-electron chi connectivity index (χ2n) is 4.97. The Kier molecular flexibility index (Phi) is 3.18. The van der Waals surface area contributed by atoms with E-state index in [1.165, 1.54) is 39.5 Å². The average molecular weight is 258 g/mol. The van der Waals surface area contributed by atoms with E-state index in [1.54, 1.807) is 0 Å². The van der Waals surface area contributed by atoms with Gasteiger partial charge < -0.3 is 5.73 Å². The summed E-state index contributed by atoms with van der Waals surface area (Å²) in [7, 11) is 0. The maximum absolute atomic E-state index is 5.75. The number of hydrogen-bond donors (Lipinski definition) is 1. The monoisotopic (exact) mass is 258 g/mol. The Morgan fingerprint density at radius 3 is 3.00 bits per heavy atom. The van der Waals surface area contributed by atoms with Gasteiger partial charge in [-0.1, -0.05) is 31.2 Å². The Balaban J connectivity index is 2.12. The zero-order valence-corrected chi connectivity index (χ0v) is 11.5. The molecule has 1 aromatic heterocycles. The Labute approximate surface area is 112 Å². The fourth-order valence-corrected chi connectivity index (χ4v) is 3.66. The zero-order chi connectivity index (χ0) is 12.5. The van der Waals surface area contributed by atoms with Gasteiger partial charge in [-0.05, 0) is 24.8 Å². The molecule has 18 heavy (non-hydrogen) atoms. The molecule has 2 N–H and O–H groups in total. The molecule has 0 saturated heterocycles. The number of benzene rings is 1. The third-order valence-electron chi connectivity index (χ3n) is 3.61. The van der Waals surface area contributed by atoms with E-state index in [-0.39, 0.29) is 0 Å². The molecule has 2 nitrogen and oxygen atoms in total. The Morgan fingerprint density at radius 2 is 2.17 bits per heavy atom. The number of nitrogens with zero attached hydrogens (tertiary/aromatic N) is 1. The first-order valence-electron chi connectivity index (χ1n) is 6.57. The van der Waals surface area contributed by atoms with Crippen molar-refractivity contribution >= 4 is 11.3 Å². The van der Waals surface area contributed by atoms with Crippen LogP contribution in [-0.2, 0) is 12.8 Å². The SMILES string of the molecule is CC(CN)c1nc2c(s1)CCCc1ccccc1-2. The van der Waals surface area contributed by atoms with Crippen LogP contribution in [0.5, 0.6) is 0 Å². The van der Waals surface area contributed by atoms with Crippen molar-refractivity contribution in [3.05, 3.63) is 39.7 Å². The summed E-state index contributed by atoms with van der Waals surface area (Å²) < 4.78 is 0. The van der Waals surface area contributed by atoms with Crippen molar-refractivity contribution in [3.8, 4) is 11.3 Å². The lowest BCUT2D eigenvalue weighted by atomic mass is 10.0. The van der Waals surface area contributed by atoms with Gasteiger partial charge in [0.2, 0.25) is 0 Å². The highest BCUT2D eigenvalue weighted by atomic mass is 32.1. The van der Waals surface area contributed by atoms with Gasteiger partial charge in [-0.2, -0.15) is 0 Å². The second-order valence-corrected chi connectivity index (χ2v) is 6.09. The van der Waals surface area contributed by atoms with Gasteiger partial charge >= 0.3 is 0 Å². The summed E-state index contributed by atoms with van der Waals surface area (Å²) >= 11 is 1.85. The van der Waals surface area contributed by atoms with E-state index in [1.807, 2.05) is 11.3 Å². The quantitative estimate of drug-likeness (QED) is 0.897. The van der Waals surface area contributed by atoms with E-state index in [9.17, 15) is 0 Å². The Hall–Kier alpha value is -1.19. The molecule has 3 rings (SSSR count). The zero-order valence-electron chi connectivity index (χ0n) is 10.6. The van der Waals surface area contributed by atoms with Crippen LogP contribution in [0.3, 0.4) is 0 Å². The van der Waals surface area contributed by atoms with Gasteiger partial charge in [0.15, 0.2) is 0 Å². The number of aromatic nitrogens is 1. The van der Waals surface area contributed by atoms with Crippen LogP contribution in [0.15, 0.2) is 24.3 Å². The molecule has 94 valence electrons. The molecule has 0 spiro atoms. The molecule has 2 aromatic rings. The van der Waals surface area contributed by atoms with Gasteiger partial charge in [0.1, 0.15) is 0 Å². The number of hydrogen-bond acceptors (Lipinski definition) is 3. The summed E-state index contributed by atoms with van der Waals surface area (Å²) in [4.78, 5) is 6.30. The van der Waals surface area contributed by atoms with E-state index in [0.717, 1.165) is 6.42 Å². The third kappa shape index (κ3) is 1.98. The van der Waals surface area contributed by atoms with Crippen LogP contribution in [0.2, 0.25) is 0 Å². The maximum Gasteiger partial charge on any atom is 0.0976 e. The highest BCUT2D eigenvalue weighted by Gasteiger charge is 2.20. The van der Waals surface area contributed by atoms with Crippen molar-refractivity contribution in [2.45, 2.75) is 32.1 Å². The summed E-state index contributed by atoms with van der Waals surface area (Å²) in [6, 6.07) is 8.67. The number of thiazole rings is 1.